The summed E-state index contributed by atoms with van der Waals surface area (Å²) < 4.78 is 31.3. The van der Waals surface area contributed by atoms with E-state index in [2.05, 4.69) is 26.3 Å². The first kappa shape index (κ1) is 21.0. The lowest BCUT2D eigenvalue weighted by Gasteiger charge is -2.22. The van der Waals surface area contributed by atoms with Crippen LogP contribution in [0.25, 0.3) is 16.5 Å². The van der Waals surface area contributed by atoms with Gasteiger partial charge in [-0.2, -0.15) is 4.68 Å². The molecule has 168 valence electrons. The molecule has 6 rings (SSSR count). The van der Waals surface area contributed by atoms with E-state index in [4.69, 9.17) is 0 Å². The minimum Gasteiger partial charge on any atom is -0.207 e. The second-order valence-electron chi connectivity index (χ2n) is 7.95. The first-order valence-corrected chi connectivity index (χ1v) is 13.1. The normalized spacial score (nSPS) is 17.3. The van der Waals surface area contributed by atoms with Crippen LogP contribution in [0.1, 0.15) is 22.4 Å². The highest BCUT2D eigenvalue weighted by molar-refractivity contribution is 7.99. The molecule has 5 aromatic rings. The van der Waals surface area contributed by atoms with Gasteiger partial charge in [0.25, 0.3) is 0 Å². The largest absolute Gasteiger partial charge is 0.241 e. The van der Waals surface area contributed by atoms with Crippen LogP contribution >= 0.6 is 11.8 Å². The number of benzene rings is 4. The molecule has 0 spiro atoms. The van der Waals surface area contributed by atoms with Crippen LogP contribution in [0.4, 0.5) is 0 Å². The van der Waals surface area contributed by atoms with Crippen molar-refractivity contribution in [3.8, 4) is 5.69 Å². The molecule has 0 radical (unpaired) electrons. The molecule has 1 aliphatic rings. The summed E-state index contributed by atoms with van der Waals surface area (Å²) in [5.74, 6) is 0. The minimum absolute atomic E-state index is 0.232. The molecule has 0 saturated heterocycles. The van der Waals surface area contributed by atoms with Crippen LogP contribution in [-0.2, 0) is 10.0 Å². The van der Waals surface area contributed by atoms with Crippen molar-refractivity contribution in [2.24, 2.45) is 0 Å². The summed E-state index contributed by atoms with van der Waals surface area (Å²) in [5, 5.41) is 14.8. The summed E-state index contributed by atoms with van der Waals surface area (Å²) in [6, 6.07) is 29.7. The monoisotopic (exact) mass is 485 g/mol. The molecule has 1 N–H and O–H groups in total. The Hall–Kier alpha value is -3.53. The number of sulfonamides is 1. The van der Waals surface area contributed by atoms with E-state index in [-0.39, 0.29) is 10.1 Å². The Labute approximate surface area is 200 Å². The van der Waals surface area contributed by atoms with Gasteiger partial charge in [-0.1, -0.05) is 84.6 Å². The fraction of sp³-hybridized carbons (Fsp3) is 0.0800. The van der Waals surface area contributed by atoms with Crippen molar-refractivity contribution in [2.75, 3.05) is 0 Å². The Bertz CT molecular complexity index is 1580. The van der Waals surface area contributed by atoms with Gasteiger partial charge in [-0.3, -0.25) is 0 Å². The molecular formula is C25H19N5O2S2. The van der Waals surface area contributed by atoms with E-state index in [1.165, 1.54) is 11.8 Å². The number of nitrogens with zero attached hydrogens (tertiary/aromatic N) is 4. The van der Waals surface area contributed by atoms with Crippen molar-refractivity contribution >= 4 is 32.6 Å². The third kappa shape index (κ3) is 3.58. The van der Waals surface area contributed by atoms with Crippen LogP contribution in [0.5, 0.6) is 0 Å². The third-order valence-corrected chi connectivity index (χ3v) is 8.63. The fourth-order valence-corrected chi connectivity index (χ4v) is 6.99. The molecule has 0 unspecified atom stereocenters. The molecule has 0 fully saturated rings. The highest BCUT2D eigenvalue weighted by atomic mass is 32.2. The highest BCUT2D eigenvalue weighted by Gasteiger charge is 2.39. The van der Waals surface area contributed by atoms with E-state index < -0.39 is 16.1 Å². The quantitative estimate of drug-likeness (QED) is 0.376. The van der Waals surface area contributed by atoms with Crippen LogP contribution in [0, 0.1) is 0 Å². The summed E-state index contributed by atoms with van der Waals surface area (Å²) >= 11 is 1.45. The molecule has 34 heavy (non-hydrogen) atoms. The lowest BCUT2D eigenvalue weighted by Crippen LogP contribution is -2.30. The fourth-order valence-electron chi connectivity index (χ4n) is 4.43. The molecule has 0 aliphatic heterocycles. The number of aromatic nitrogens is 4. The van der Waals surface area contributed by atoms with E-state index in [1.807, 2.05) is 60.7 Å². The molecule has 9 heteroatoms. The van der Waals surface area contributed by atoms with Gasteiger partial charge in [0.1, 0.15) is 0 Å². The smallest absolute Gasteiger partial charge is 0.207 e. The number of rotatable bonds is 6. The molecular weight excluding hydrogens is 466 g/mol. The Morgan fingerprint density at radius 3 is 2.21 bits per heavy atom. The van der Waals surface area contributed by atoms with E-state index in [0.717, 1.165) is 27.6 Å². The third-order valence-electron chi connectivity index (χ3n) is 5.92. The van der Waals surface area contributed by atoms with Gasteiger partial charge in [-0.25, -0.2) is 13.1 Å². The van der Waals surface area contributed by atoms with Crippen molar-refractivity contribution in [3.63, 3.8) is 0 Å². The van der Waals surface area contributed by atoms with Gasteiger partial charge in [0, 0.05) is 0 Å². The number of hydrogen-bond donors (Lipinski definition) is 1. The Kier molecular flexibility index (Phi) is 5.17. The van der Waals surface area contributed by atoms with Gasteiger partial charge in [0.05, 0.1) is 21.9 Å². The molecule has 1 heterocycles. The zero-order chi connectivity index (χ0) is 23.1. The molecule has 2 atom stereocenters. The number of nitrogens with one attached hydrogen (secondary N) is 1. The van der Waals surface area contributed by atoms with Crippen LogP contribution < -0.4 is 4.72 Å². The molecule has 7 nitrogen and oxygen atoms in total. The average Bonchev–Trinajstić information content (AvgIpc) is 3.45. The average molecular weight is 486 g/mol. The number of para-hydroxylation sites is 1. The van der Waals surface area contributed by atoms with Gasteiger partial charge in [0.2, 0.25) is 15.2 Å². The van der Waals surface area contributed by atoms with Crippen molar-refractivity contribution < 1.29 is 8.42 Å². The summed E-state index contributed by atoms with van der Waals surface area (Å²) in [4.78, 5) is 0.232. The number of thioether (sulfide) groups is 1. The van der Waals surface area contributed by atoms with Gasteiger partial charge in [0.15, 0.2) is 0 Å². The molecule has 1 aromatic heterocycles. The molecule has 0 saturated carbocycles. The minimum atomic E-state index is -3.75. The standard InChI is InChI=1S/C25H19N5O2S2/c31-34(32,19-13-5-2-6-14-19)27-23-20-15-7-9-17-10-8-16-21(22(17)20)24(23)33-25-26-28-29-30(25)18-11-3-1-4-12-18/h1-16,23-24,27H/t23-,24+/m1/s1. The van der Waals surface area contributed by atoms with Crippen LogP contribution in [0.2, 0.25) is 0 Å². The summed E-state index contributed by atoms with van der Waals surface area (Å²) in [6.45, 7) is 0. The van der Waals surface area contributed by atoms with E-state index in [0.29, 0.717) is 5.16 Å². The topological polar surface area (TPSA) is 89.8 Å². The van der Waals surface area contributed by atoms with E-state index >= 15 is 0 Å². The maximum Gasteiger partial charge on any atom is 0.241 e. The SMILES string of the molecule is O=S(=O)(N[C@@H]1c2cccc3cccc(c23)[C@@H]1Sc1nnnn1-c1ccccc1)c1ccccc1. The predicted molar refractivity (Wildman–Crippen MR) is 131 cm³/mol. The molecule has 0 amide bonds. The van der Waals surface area contributed by atoms with Crippen molar-refractivity contribution in [3.05, 3.63) is 108 Å². The number of tetrazole rings is 1. The molecule has 4 aromatic carbocycles. The molecule has 1 aliphatic carbocycles. The summed E-state index contributed by atoms with van der Waals surface area (Å²) in [6.07, 6.45) is 0. The summed E-state index contributed by atoms with van der Waals surface area (Å²) in [5.41, 5.74) is 2.84. The van der Waals surface area contributed by atoms with Gasteiger partial charge in [-0.05, 0) is 56.6 Å². The van der Waals surface area contributed by atoms with Crippen molar-refractivity contribution in [1.29, 1.82) is 0 Å². The number of hydrogen-bond acceptors (Lipinski definition) is 6. The Balaban J connectivity index is 1.44. The maximum absolute atomic E-state index is 13.3. The van der Waals surface area contributed by atoms with Gasteiger partial charge in [-0.15, -0.1) is 5.10 Å². The summed E-state index contributed by atoms with van der Waals surface area (Å²) in [7, 11) is -3.75. The van der Waals surface area contributed by atoms with Crippen molar-refractivity contribution in [2.45, 2.75) is 21.3 Å². The van der Waals surface area contributed by atoms with Crippen LogP contribution in [0.3, 0.4) is 0 Å². The first-order chi connectivity index (χ1) is 16.6. The Morgan fingerprint density at radius 1 is 0.794 bits per heavy atom. The van der Waals surface area contributed by atoms with Crippen LogP contribution in [-0.4, -0.2) is 28.6 Å². The first-order valence-electron chi connectivity index (χ1n) is 10.7. The lowest BCUT2D eigenvalue weighted by molar-refractivity contribution is 0.557. The van der Waals surface area contributed by atoms with Gasteiger partial charge < -0.3 is 0 Å². The zero-order valence-electron chi connectivity index (χ0n) is 17.8. The second-order valence-corrected chi connectivity index (χ2v) is 10.8. The predicted octanol–water partition coefficient (Wildman–Crippen LogP) is 4.68. The van der Waals surface area contributed by atoms with E-state index in [9.17, 15) is 8.42 Å². The van der Waals surface area contributed by atoms with Gasteiger partial charge >= 0.3 is 0 Å². The zero-order valence-corrected chi connectivity index (χ0v) is 19.4. The highest BCUT2D eigenvalue weighted by Crippen LogP contribution is 2.53. The second kappa shape index (κ2) is 8.35. The van der Waals surface area contributed by atoms with Crippen LogP contribution in [0.15, 0.2) is 107 Å². The van der Waals surface area contributed by atoms with E-state index in [1.54, 1.807) is 35.0 Å². The lowest BCUT2D eigenvalue weighted by atomic mass is 10.1. The maximum atomic E-state index is 13.3. The van der Waals surface area contributed by atoms with Crippen molar-refractivity contribution in [1.82, 2.24) is 24.9 Å². The Morgan fingerprint density at radius 2 is 1.47 bits per heavy atom. The molecule has 0 bridgehead atoms.